The van der Waals surface area contributed by atoms with Crippen molar-refractivity contribution in [3.05, 3.63) is 70.5 Å². The Hall–Kier alpha value is -3.35. The minimum absolute atomic E-state index is 0.0111. The van der Waals surface area contributed by atoms with Crippen molar-refractivity contribution in [2.45, 2.75) is 13.5 Å². The largest absolute Gasteiger partial charge is 0.338 e. The minimum atomic E-state index is -0.0111. The van der Waals surface area contributed by atoms with Gasteiger partial charge in [-0.2, -0.15) is 10.1 Å². The molecule has 3 heterocycles. The first kappa shape index (κ1) is 14.3. The topological polar surface area (TPSA) is 86.7 Å². The predicted octanol–water partition coefficient (Wildman–Crippen LogP) is 2.20. The second-order valence-electron chi connectivity index (χ2n) is 5.40. The first-order valence-electron chi connectivity index (χ1n) is 7.42. The summed E-state index contributed by atoms with van der Waals surface area (Å²) in [6.45, 7) is 2.23. The van der Waals surface area contributed by atoms with Crippen LogP contribution in [0.5, 0.6) is 0 Å². The Morgan fingerprint density at radius 3 is 2.79 bits per heavy atom. The van der Waals surface area contributed by atoms with Gasteiger partial charge in [0.2, 0.25) is 11.7 Å². The highest BCUT2D eigenvalue weighted by Gasteiger charge is 2.11. The first-order chi connectivity index (χ1) is 11.7. The molecule has 0 atom stereocenters. The molecule has 24 heavy (non-hydrogen) atoms. The summed E-state index contributed by atoms with van der Waals surface area (Å²) in [7, 11) is 0. The third-order valence-electron chi connectivity index (χ3n) is 3.69. The molecule has 0 amide bonds. The minimum Gasteiger partial charge on any atom is -0.338 e. The fourth-order valence-electron chi connectivity index (χ4n) is 2.49. The van der Waals surface area contributed by atoms with E-state index in [1.54, 1.807) is 18.3 Å². The van der Waals surface area contributed by atoms with E-state index in [-0.39, 0.29) is 5.43 Å². The van der Waals surface area contributed by atoms with Crippen molar-refractivity contribution in [3.8, 4) is 11.5 Å². The Kier molecular flexibility index (Phi) is 3.38. The van der Waals surface area contributed by atoms with Crippen LogP contribution < -0.4 is 5.43 Å². The Bertz CT molecular complexity index is 1070. The molecule has 0 aliphatic heterocycles. The first-order valence-corrected chi connectivity index (χ1v) is 7.42. The predicted molar refractivity (Wildman–Crippen MR) is 87.4 cm³/mol. The van der Waals surface area contributed by atoms with Gasteiger partial charge in [-0.3, -0.25) is 4.79 Å². The zero-order valence-corrected chi connectivity index (χ0v) is 12.9. The van der Waals surface area contributed by atoms with Gasteiger partial charge in [0, 0.05) is 17.6 Å². The number of rotatable bonds is 3. The molecular weight excluding hydrogens is 306 g/mol. The van der Waals surface area contributed by atoms with E-state index in [9.17, 15) is 4.79 Å². The lowest BCUT2D eigenvalue weighted by Crippen LogP contribution is -2.08. The van der Waals surface area contributed by atoms with Crippen LogP contribution in [0.2, 0.25) is 0 Å². The standard InChI is InChI=1S/C17H13N5O2/c1-11-6-7-13(20-19-11)17-18-16(24-21-17)10-22-9-8-15(23)12-4-2-3-5-14(12)22/h2-9H,10H2,1H3. The van der Waals surface area contributed by atoms with Crippen LogP contribution in [-0.4, -0.2) is 24.9 Å². The van der Waals surface area contributed by atoms with Crippen LogP contribution in [0.3, 0.4) is 0 Å². The van der Waals surface area contributed by atoms with E-state index in [2.05, 4.69) is 20.3 Å². The molecule has 0 N–H and O–H groups in total. The Balaban J connectivity index is 1.69. The van der Waals surface area contributed by atoms with Crippen LogP contribution in [0.15, 0.2) is 58.0 Å². The molecule has 4 rings (SSSR count). The third kappa shape index (κ3) is 2.56. The maximum Gasteiger partial charge on any atom is 0.246 e. The number of hydrogen-bond donors (Lipinski definition) is 0. The van der Waals surface area contributed by atoms with Gasteiger partial charge in [-0.05, 0) is 31.2 Å². The number of fused-ring (bicyclic) bond motifs is 1. The van der Waals surface area contributed by atoms with Crippen molar-refractivity contribution in [3.63, 3.8) is 0 Å². The van der Waals surface area contributed by atoms with Crippen molar-refractivity contribution in [2.24, 2.45) is 0 Å². The highest BCUT2D eigenvalue weighted by atomic mass is 16.5. The van der Waals surface area contributed by atoms with Crippen LogP contribution in [0.25, 0.3) is 22.4 Å². The van der Waals surface area contributed by atoms with E-state index in [1.165, 1.54) is 6.07 Å². The number of aryl methyl sites for hydroxylation is 1. The molecule has 3 aromatic heterocycles. The fraction of sp³-hybridized carbons (Fsp3) is 0.118. The number of para-hydroxylation sites is 1. The van der Waals surface area contributed by atoms with E-state index in [0.29, 0.717) is 29.3 Å². The lowest BCUT2D eigenvalue weighted by Gasteiger charge is -2.07. The Labute approximate surface area is 136 Å². The molecule has 7 heteroatoms. The molecule has 7 nitrogen and oxygen atoms in total. The quantitative estimate of drug-likeness (QED) is 0.575. The lowest BCUT2D eigenvalue weighted by molar-refractivity contribution is 0.372. The average molecular weight is 319 g/mol. The molecular formula is C17H13N5O2. The van der Waals surface area contributed by atoms with Gasteiger partial charge in [0.05, 0.1) is 11.2 Å². The fourth-order valence-corrected chi connectivity index (χ4v) is 2.49. The highest BCUT2D eigenvalue weighted by Crippen LogP contribution is 2.15. The maximum atomic E-state index is 11.9. The van der Waals surface area contributed by atoms with Gasteiger partial charge in [-0.25, -0.2) is 0 Å². The number of hydrogen-bond acceptors (Lipinski definition) is 6. The molecule has 0 saturated heterocycles. The van der Waals surface area contributed by atoms with E-state index in [1.807, 2.05) is 35.8 Å². The smallest absolute Gasteiger partial charge is 0.246 e. The summed E-state index contributed by atoms with van der Waals surface area (Å²) in [5.74, 6) is 0.823. The van der Waals surface area contributed by atoms with Gasteiger partial charge < -0.3 is 9.09 Å². The molecule has 0 unspecified atom stereocenters. The molecule has 0 radical (unpaired) electrons. The zero-order chi connectivity index (χ0) is 16.5. The summed E-state index contributed by atoms with van der Waals surface area (Å²) < 4.78 is 7.20. The van der Waals surface area contributed by atoms with Crippen molar-refractivity contribution in [1.29, 1.82) is 0 Å². The summed E-state index contributed by atoms with van der Waals surface area (Å²) in [6.07, 6.45) is 1.72. The van der Waals surface area contributed by atoms with E-state index in [0.717, 1.165) is 11.2 Å². The SMILES string of the molecule is Cc1ccc(-c2noc(Cn3ccc(=O)c4ccccc43)n2)nn1. The number of pyridine rings is 1. The van der Waals surface area contributed by atoms with Crippen LogP contribution in [0, 0.1) is 6.92 Å². The molecule has 1 aromatic carbocycles. The summed E-state index contributed by atoms with van der Waals surface area (Å²) in [5.41, 5.74) is 2.19. The van der Waals surface area contributed by atoms with Gasteiger partial charge in [0.25, 0.3) is 0 Å². The lowest BCUT2D eigenvalue weighted by atomic mass is 10.2. The molecule has 0 saturated carbocycles. The summed E-state index contributed by atoms with van der Waals surface area (Å²) in [6, 6.07) is 12.6. The van der Waals surface area contributed by atoms with Gasteiger partial charge in [0.15, 0.2) is 5.43 Å². The zero-order valence-electron chi connectivity index (χ0n) is 12.9. The third-order valence-corrected chi connectivity index (χ3v) is 3.69. The molecule has 118 valence electrons. The van der Waals surface area contributed by atoms with Crippen LogP contribution in [0.1, 0.15) is 11.6 Å². The molecule has 0 aliphatic carbocycles. The van der Waals surface area contributed by atoms with Crippen molar-refractivity contribution in [2.75, 3.05) is 0 Å². The van der Waals surface area contributed by atoms with Crippen molar-refractivity contribution in [1.82, 2.24) is 24.9 Å². The molecule has 0 aliphatic rings. The number of nitrogens with zero attached hydrogens (tertiary/aromatic N) is 5. The second kappa shape index (κ2) is 5.69. The van der Waals surface area contributed by atoms with Crippen LogP contribution >= 0.6 is 0 Å². The second-order valence-corrected chi connectivity index (χ2v) is 5.40. The average Bonchev–Trinajstić information content (AvgIpc) is 3.07. The summed E-state index contributed by atoms with van der Waals surface area (Å²) in [5, 5.41) is 12.6. The highest BCUT2D eigenvalue weighted by molar-refractivity contribution is 5.78. The summed E-state index contributed by atoms with van der Waals surface area (Å²) in [4.78, 5) is 16.3. The maximum absolute atomic E-state index is 11.9. The van der Waals surface area contributed by atoms with Crippen molar-refractivity contribution >= 4 is 10.9 Å². The van der Waals surface area contributed by atoms with Gasteiger partial charge >= 0.3 is 0 Å². The van der Waals surface area contributed by atoms with Gasteiger partial charge in [-0.15, -0.1) is 5.10 Å². The van der Waals surface area contributed by atoms with Crippen LogP contribution in [0.4, 0.5) is 0 Å². The van der Waals surface area contributed by atoms with E-state index >= 15 is 0 Å². The van der Waals surface area contributed by atoms with Crippen LogP contribution in [-0.2, 0) is 6.54 Å². The van der Waals surface area contributed by atoms with Crippen molar-refractivity contribution < 1.29 is 4.52 Å². The van der Waals surface area contributed by atoms with Gasteiger partial charge in [-0.1, -0.05) is 17.3 Å². The monoisotopic (exact) mass is 319 g/mol. The molecule has 0 fully saturated rings. The molecule has 4 aromatic rings. The van der Waals surface area contributed by atoms with Gasteiger partial charge in [0.1, 0.15) is 12.2 Å². The van der Waals surface area contributed by atoms with E-state index < -0.39 is 0 Å². The molecule has 0 bridgehead atoms. The normalized spacial score (nSPS) is 11.0. The Morgan fingerprint density at radius 1 is 1.08 bits per heavy atom. The number of aromatic nitrogens is 5. The van der Waals surface area contributed by atoms with E-state index in [4.69, 9.17) is 4.52 Å². The number of benzene rings is 1. The Morgan fingerprint density at radius 2 is 1.96 bits per heavy atom. The molecule has 0 spiro atoms. The summed E-state index contributed by atoms with van der Waals surface area (Å²) >= 11 is 0.